The summed E-state index contributed by atoms with van der Waals surface area (Å²) in [6.07, 6.45) is 0. The molecule has 0 bridgehead atoms. The van der Waals surface area contributed by atoms with E-state index in [1.54, 1.807) is 0 Å². The predicted octanol–water partition coefficient (Wildman–Crippen LogP) is 12.6. The van der Waals surface area contributed by atoms with Crippen LogP contribution in [-0.4, -0.2) is 0 Å². The third-order valence-electron chi connectivity index (χ3n) is 10.3. The number of hydrogen-bond acceptors (Lipinski definition) is 2. The van der Waals surface area contributed by atoms with Crippen LogP contribution in [-0.2, 0) is 5.41 Å². The SMILES string of the molecule is c1ccc(N(c2cccc(C3(c4ccccc4)c4ccccc4-c4ccccc43)c2)c2ccc3c(ccc4c5ccccc5oc34)c2)cc1. The van der Waals surface area contributed by atoms with Crippen molar-refractivity contribution in [3.05, 3.63) is 210 Å². The molecule has 1 heterocycles. The highest BCUT2D eigenvalue weighted by molar-refractivity contribution is 6.15. The summed E-state index contributed by atoms with van der Waals surface area (Å²) in [5.74, 6) is 0. The minimum Gasteiger partial charge on any atom is -0.455 e. The Morgan fingerprint density at radius 3 is 1.76 bits per heavy atom. The van der Waals surface area contributed by atoms with E-state index in [1.165, 1.54) is 33.4 Å². The van der Waals surface area contributed by atoms with E-state index in [-0.39, 0.29) is 0 Å². The van der Waals surface area contributed by atoms with Crippen LogP contribution in [0.15, 0.2) is 192 Å². The van der Waals surface area contributed by atoms with Crippen LogP contribution in [0.4, 0.5) is 17.1 Å². The van der Waals surface area contributed by atoms with Gasteiger partial charge in [0.2, 0.25) is 0 Å². The minimum absolute atomic E-state index is 0.469. The standard InChI is InChI=1S/C47H31NO/c1-3-14-33(15-4-1)47(43-23-10-7-20-39(43)40-21-8-11-24-44(40)47)34-16-13-19-36(31-34)48(35-17-5-2-6-18-35)37-27-29-38-32(30-37)26-28-42-41-22-9-12-25-45(41)49-46(38)42/h1-31H. The largest absolute Gasteiger partial charge is 0.455 e. The third kappa shape index (κ3) is 4.07. The molecule has 1 aliphatic rings. The second-order valence-electron chi connectivity index (χ2n) is 12.9. The van der Waals surface area contributed by atoms with Gasteiger partial charge in [0.25, 0.3) is 0 Å². The van der Waals surface area contributed by atoms with Crippen molar-refractivity contribution in [1.82, 2.24) is 0 Å². The van der Waals surface area contributed by atoms with Gasteiger partial charge in [-0.15, -0.1) is 0 Å². The molecule has 0 atom stereocenters. The molecule has 1 aromatic heterocycles. The van der Waals surface area contributed by atoms with Crippen LogP contribution in [0.1, 0.15) is 22.3 Å². The average Bonchev–Trinajstić information content (AvgIpc) is 3.70. The number of rotatable bonds is 5. The van der Waals surface area contributed by atoms with Gasteiger partial charge >= 0.3 is 0 Å². The second-order valence-corrected chi connectivity index (χ2v) is 12.9. The lowest BCUT2D eigenvalue weighted by molar-refractivity contribution is 0.672. The number of benzene rings is 8. The molecule has 2 heteroatoms. The van der Waals surface area contributed by atoms with Crippen LogP contribution >= 0.6 is 0 Å². The average molecular weight is 626 g/mol. The Hall–Kier alpha value is -6.38. The number of hydrogen-bond donors (Lipinski definition) is 0. The van der Waals surface area contributed by atoms with Crippen molar-refractivity contribution in [3.63, 3.8) is 0 Å². The summed E-state index contributed by atoms with van der Waals surface area (Å²) in [4.78, 5) is 2.37. The summed E-state index contributed by atoms with van der Waals surface area (Å²) in [5, 5.41) is 4.54. The first-order chi connectivity index (χ1) is 24.3. The first kappa shape index (κ1) is 27.7. The molecule has 0 saturated carbocycles. The molecule has 0 aliphatic heterocycles. The summed E-state index contributed by atoms with van der Waals surface area (Å²) in [6.45, 7) is 0. The van der Waals surface area contributed by atoms with E-state index in [0.717, 1.165) is 49.8 Å². The zero-order valence-electron chi connectivity index (χ0n) is 26.8. The quantitative estimate of drug-likeness (QED) is 0.189. The zero-order chi connectivity index (χ0) is 32.4. The maximum Gasteiger partial charge on any atom is 0.143 e. The Balaban J connectivity index is 1.20. The maximum absolute atomic E-state index is 6.40. The zero-order valence-corrected chi connectivity index (χ0v) is 26.8. The number of nitrogens with zero attached hydrogens (tertiary/aromatic N) is 1. The third-order valence-corrected chi connectivity index (χ3v) is 10.3. The van der Waals surface area contributed by atoms with E-state index >= 15 is 0 Å². The fourth-order valence-corrected chi connectivity index (χ4v) is 8.25. The van der Waals surface area contributed by atoms with E-state index < -0.39 is 5.41 Å². The highest BCUT2D eigenvalue weighted by atomic mass is 16.3. The Morgan fingerprint density at radius 2 is 0.980 bits per heavy atom. The van der Waals surface area contributed by atoms with E-state index in [0.29, 0.717) is 0 Å². The summed E-state index contributed by atoms with van der Waals surface area (Å²) in [6, 6.07) is 68.1. The van der Waals surface area contributed by atoms with Crippen LogP contribution < -0.4 is 4.90 Å². The van der Waals surface area contributed by atoms with Crippen molar-refractivity contribution in [2.45, 2.75) is 5.41 Å². The van der Waals surface area contributed by atoms with Gasteiger partial charge in [-0.2, -0.15) is 0 Å². The monoisotopic (exact) mass is 625 g/mol. The Labute approximate surface area is 285 Å². The van der Waals surface area contributed by atoms with E-state index in [2.05, 4.69) is 181 Å². The van der Waals surface area contributed by atoms with Gasteiger partial charge in [-0.05, 0) is 93.4 Å². The molecule has 9 aromatic rings. The van der Waals surface area contributed by atoms with Crippen LogP contribution in [0, 0.1) is 0 Å². The lowest BCUT2D eigenvalue weighted by atomic mass is 9.67. The Kier molecular flexibility index (Phi) is 6.13. The molecule has 0 fully saturated rings. The van der Waals surface area contributed by atoms with Gasteiger partial charge in [-0.1, -0.05) is 133 Å². The highest BCUT2D eigenvalue weighted by Gasteiger charge is 2.46. The van der Waals surface area contributed by atoms with Gasteiger partial charge in [-0.25, -0.2) is 0 Å². The van der Waals surface area contributed by atoms with Gasteiger partial charge in [-0.3, -0.25) is 0 Å². The summed E-state index contributed by atoms with van der Waals surface area (Å²) in [5.41, 5.74) is 12.4. The second kappa shape index (κ2) is 10.8. The molecule has 8 aromatic carbocycles. The Bertz CT molecular complexity index is 2630. The highest BCUT2D eigenvalue weighted by Crippen LogP contribution is 2.56. The van der Waals surface area contributed by atoms with Crippen LogP contribution in [0.25, 0.3) is 43.8 Å². The molecule has 1 aliphatic carbocycles. The molecule has 0 N–H and O–H groups in total. The van der Waals surface area contributed by atoms with Gasteiger partial charge in [0.15, 0.2) is 0 Å². The first-order valence-corrected chi connectivity index (χ1v) is 16.9. The fourth-order valence-electron chi connectivity index (χ4n) is 8.25. The van der Waals surface area contributed by atoms with Crippen molar-refractivity contribution >= 4 is 49.8 Å². The number of anilines is 3. The lowest BCUT2D eigenvalue weighted by Crippen LogP contribution is -2.28. The fraction of sp³-hybridized carbons (Fsp3) is 0.0213. The maximum atomic E-state index is 6.40. The molecule has 0 radical (unpaired) electrons. The molecular formula is C47H31NO. The van der Waals surface area contributed by atoms with Crippen LogP contribution in [0.2, 0.25) is 0 Å². The smallest absolute Gasteiger partial charge is 0.143 e. The molecular weight excluding hydrogens is 595 g/mol. The first-order valence-electron chi connectivity index (χ1n) is 16.9. The van der Waals surface area contributed by atoms with Crippen molar-refractivity contribution in [1.29, 1.82) is 0 Å². The lowest BCUT2D eigenvalue weighted by Gasteiger charge is -2.35. The molecule has 2 nitrogen and oxygen atoms in total. The molecule has 230 valence electrons. The van der Waals surface area contributed by atoms with Crippen molar-refractivity contribution in [3.8, 4) is 11.1 Å². The summed E-state index contributed by atoms with van der Waals surface area (Å²) < 4.78 is 6.40. The molecule has 10 rings (SSSR count). The number of furan rings is 1. The van der Waals surface area contributed by atoms with Gasteiger partial charge in [0.05, 0.1) is 5.41 Å². The molecule has 0 unspecified atom stereocenters. The minimum atomic E-state index is -0.469. The molecule has 0 spiro atoms. The van der Waals surface area contributed by atoms with Crippen molar-refractivity contribution in [2.24, 2.45) is 0 Å². The van der Waals surface area contributed by atoms with E-state index in [9.17, 15) is 0 Å². The van der Waals surface area contributed by atoms with Gasteiger partial charge in [0, 0.05) is 33.2 Å². The summed E-state index contributed by atoms with van der Waals surface area (Å²) >= 11 is 0. The van der Waals surface area contributed by atoms with Crippen LogP contribution in [0.3, 0.4) is 0 Å². The predicted molar refractivity (Wildman–Crippen MR) is 203 cm³/mol. The number of fused-ring (bicyclic) bond motifs is 8. The van der Waals surface area contributed by atoms with Crippen molar-refractivity contribution < 1.29 is 4.42 Å². The molecule has 0 amide bonds. The van der Waals surface area contributed by atoms with E-state index in [1.807, 2.05) is 12.1 Å². The topological polar surface area (TPSA) is 16.4 Å². The van der Waals surface area contributed by atoms with Gasteiger partial charge in [0.1, 0.15) is 11.2 Å². The Morgan fingerprint density at radius 1 is 0.388 bits per heavy atom. The van der Waals surface area contributed by atoms with E-state index in [4.69, 9.17) is 4.42 Å². The summed E-state index contributed by atoms with van der Waals surface area (Å²) in [7, 11) is 0. The number of para-hydroxylation sites is 2. The van der Waals surface area contributed by atoms with Crippen molar-refractivity contribution in [2.75, 3.05) is 4.90 Å². The van der Waals surface area contributed by atoms with Gasteiger partial charge < -0.3 is 9.32 Å². The van der Waals surface area contributed by atoms with Crippen LogP contribution in [0.5, 0.6) is 0 Å². The normalized spacial score (nSPS) is 13.1. The molecule has 0 saturated heterocycles. The molecule has 49 heavy (non-hydrogen) atoms.